The van der Waals surface area contributed by atoms with E-state index in [1.807, 2.05) is 34.5 Å². The molecule has 0 spiro atoms. The molecule has 0 amide bonds. The molecule has 0 saturated carbocycles. The highest BCUT2D eigenvalue weighted by atomic mass is 35.5. The third-order valence-electron chi connectivity index (χ3n) is 3.38. The zero-order valence-electron chi connectivity index (χ0n) is 10.7. The van der Waals surface area contributed by atoms with Gasteiger partial charge in [-0.2, -0.15) is 0 Å². The van der Waals surface area contributed by atoms with Crippen molar-refractivity contribution in [3.05, 3.63) is 40.4 Å². The Kier molecular flexibility index (Phi) is 4.05. The summed E-state index contributed by atoms with van der Waals surface area (Å²) in [5.74, 6) is 0. The molecule has 20 heavy (non-hydrogen) atoms. The van der Waals surface area contributed by atoms with E-state index in [0.29, 0.717) is 24.7 Å². The molecule has 0 aliphatic carbocycles. The van der Waals surface area contributed by atoms with Crippen LogP contribution in [0.5, 0.6) is 0 Å². The number of aliphatic hydroxyl groups excluding tert-OH is 2. The van der Waals surface area contributed by atoms with Gasteiger partial charge in [0.2, 0.25) is 0 Å². The fourth-order valence-electron chi connectivity index (χ4n) is 2.34. The molecule has 1 fully saturated rings. The quantitative estimate of drug-likeness (QED) is 0.910. The lowest BCUT2D eigenvalue weighted by atomic mass is 10.2. The first-order valence-electron chi connectivity index (χ1n) is 6.41. The fraction of sp³-hybridized carbons (Fsp3) is 0.357. The second-order valence-corrected chi connectivity index (χ2v) is 6.22. The predicted octanol–water partition coefficient (Wildman–Crippen LogP) is 2.00. The van der Waals surface area contributed by atoms with Crippen molar-refractivity contribution in [1.29, 1.82) is 0 Å². The number of aliphatic hydroxyl groups is 2. The van der Waals surface area contributed by atoms with Crippen LogP contribution in [0.2, 0.25) is 5.02 Å². The van der Waals surface area contributed by atoms with Gasteiger partial charge >= 0.3 is 0 Å². The minimum absolute atomic E-state index is 0.486. The molecule has 1 aromatic heterocycles. The lowest BCUT2D eigenvalue weighted by Crippen LogP contribution is -2.22. The first kappa shape index (κ1) is 14.0. The number of hydrogen-bond acceptors (Lipinski definition) is 5. The predicted molar refractivity (Wildman–Crippen MR) is 79.9 cm³/mol. The molecule has 3 rings (SSSR count). The van der Waals surface area contributed by atoms with Crippen molar-refractivity contribution < 1.29 is 10.2 Å². The van der Waals surface area contributed by atoms with Crippen molar-refractivity contribution in [2.45, 2.75) is 18.8 Å². The van der Waals surface area contributed by atoms with E-state index in [0.717, 1.165) is 16.3 Å². The van der Waals surface area contributed by atoms with Crippen LogP contribution in [-0.4, -0.2) is 45.4 Å². The molecule has 6 heteroatoms. The van der Waals surface area contributed by atoms with Crippen LogP contribution in [0, 0.1) is 0 Å². The molecular formula is C14H15ClN2O2S. The Morgan fingerprint density at radius 2 is 1.95 bits per heavy atom. The maximum Gasteiger partial charge on any atom is 0.125 e. The normalized spacial score (nSPS) is 23.4. The summed E-state index contributed by atoms with van der Waals surface area (Å²) in [6.07, 6.45) is -1.31. The summed E-state index contributed by atoms with van der Waals surface area (Å²) in [7, 11) is 0. The number of thiazole rings is 1. The molecule has 2 unspecified atom stereocenters. The van der Waals surface area contributed by atoms with Crippen LogP contribution in [0.4, 0.5) is 0 Å². The smallest absolute Gasteiger partial charge is 0.125 e. The van der Waals surface area contributed by atoms with Gasteiger partial charge in [-0.05, 0) is 6.07 Å². The van der Waals surface area contributed by atoms with Crippen LogP contribution in [0.15, 0.2) is 29.6 Å². The van der Waals surface area contributed by atoms with Crippen molar-refractivity contribution in [1.82, 2.24) is 9.88 Å². The number of β-amino-alcohol motifs (C(OH)–C–C–N with tert-alkyl or cyclic N) is 2. The van der Waals surface area contributed by atoms with Gasteiger partial charge in [-0.3, -0.25) is 4.90 Å². The van der Waals surface area contributed by atoms with E-state index in [2.05, 4.69) is 4.98 Å². The third-order valence-corrected chi connectivity index (χ3v) is 4.63. The third kappa shape index (κ3) is 2.87. The van der Waals surface area contributed by atoms with E-state index >= 15 is 0 Å². The van der Waals surface area contributed by atoms with Gasteiger partial charge < -0.3 is 10.2 Å². The van der Waals surface area contributed by atoms with Crippen molar-refractivity contribution in [2.75, 3.05) is 13.1 Å². The van der Waals surface area contributed by atoms with E-state index in [9.17, 15) is 10.2 Å². The largest absolute Gasteiger partial charge is 0.389 e. The van der Waals surface area contributed by atoms with E-state index < -0.39 is 12.2 Å². The maximum atomic E-state index is 9.54. The number of nitrogens with zero attached hydrogens (tertiary/aromatic N) is 2. The number of hydrogen-bond donors (Lipinski definition) is 2. The minimum Gasteiger partial charge on any atom is -0.389 e. The Morgan fingerprint density at radius 1 is 1.25 bits per heavy atom. The van der Waals surface area contributed by atoms with Crippen LogP contribution in [-0.2, 0) is 6.54 Å². The van der Waals surface area contributed by atoms with Gasteiger partial charge in [-0.25, -0.2) is 4.98 Å². The van der Waals surface area contributed by atoms with Gasteiger partial charge in [0, 0.05) is 30.6 Å². The summed E-state index contributed by atoms with van der Waals surface area (Å²) < 4.78 is 0. The van der Waals surface area contributed by atoms with Gasteiger partial charge in [0.25, 0.3) is 0 Å². The van der Waals surface area contributed by atoms with Gasteiger partial charge in [0.15, 0.2) is 0 Å². The molecule has 2 heterocycles. The molecular weight excluding hydrogens is 296 g/mol. The van der Waals surface area contributed by atoms with Crippen LogP contribution in [0.1, 0.15) is 5.69 Å². The van der Waals surface area contributed by atoms with Crippen LogP contribution < -0.4 is 0 Å². The van der Waals surface area contributed by atoms with Gasteiger partial charge in [0.05, 0.1) is 22.9 Å². The summed E-state index contributed by atoms with van der Waals surface area (Å²) in [5, 5.41) is 22.7. The number of benzene rings is 1. The molecule has 106 valence electrons. The van der Waals surface area contributed by atoms with Crippen molar-refractivity contribution >= 4 is 22.9 Å². The second-order valence-electron chi connectivity index (χ2n) is 4.95. The van der Waals surface area contributed by atoms with E-state index in [1.54, 1.807) is 11.3 Å². The Bertz CT molecular complexity index is 594. The van der Waals surface area contributed by atoms with Gasteiger partial charge in [0.1, 0.15) is 5.01 Å². The lowest BCUT2D eigenvalue weighted by molar-refractivity contribution is 0.0572. The highest BCUT2D eigenvalue weighted by molar-refractivity contribution is 7.13. The molecule has 2 N–H and O–H groups in total. The highest BCUT2D eigenvalue weighted by Crippen LogP contribution is 2.30. The summed E-state index contributed by atoms with van der Waals surface area (Å²) >= 11 is 7.72. The highest BCUT2D eigenvalue weighted by Gasteiger charge is 2.29. The van der Waals surface area contributed by atoms with E-state index in [4.69, 9.17) is 11.6 Å². The molecule has 0 radical (unpaired) electrons. The summed E-state index contributed by atoms with van der Waals surface area (Å²) in [6, 6.07) is 7.64. The summed E-state index contributed by atoms with van der Waals surface area (Å²) in [6.45, 7) is 1.61. The molecule has 1 saturated heterocycles. The monoisotopic (exact) mass is 310 g/mol. The molecule has 4 nitrogen and oxygen atoms in total. The van der Waals surface area contributed by atoms with Crippen molar-refractivity contribution in [3.8, 4) is 10.6 Å². The molecule has 0 bridgehead atoms. The number of aromatic nitrogens is 1. The van der Waals surface area contributed by atoms with Crippen LogP contribution >= 0.6 is 22.9 Å². The molecule has 1 aliphatic heterocycles. The Morgan fingerprint density at radius 3 is 2.65 bits per heavy atom. The first-order chi connectivity index (χ1) is 9.63. The molecule has 2 aromatic rings. The van der Waals surface area contributed by atoms with Gasteiger partial charge in [-0.15, -0.1) is 11.3 Å². The summed E-state index contributed by atoms with van der Waals surface area (Å²) in [5.41, 5.74) is 1.87. The Balaban J connectivity index is 1.73. The lowest BCUT2D eigenvalue weighted by Gasteiger charge is -2.12. The van der Waals surface area contributed by atoms with Crippen LogP contribution in [0.25, 0.3) is 10.6 Å². The maximum absolute atomic E-state index is 9.54. The standard InChI is InChI=1S/C14H15ClN2O2S/c15-11-4-2-1-3-10(11)14-16-9(8-20-14)5-17-6-12(18)13(19)7-17/h1-4,8,12-13,18-19H,5-7H2. The van der Waals surface area contributed by atoms with Gasteiger partial charge in [-0.1, -0.05) is 29.8 Å². The van der Waals surface area contributed by atoms with E-state index in [-0.39, 0.29) is 0 Å². The average molecular weight is 311 g/mol. The number of halogens is 1. The molecule has 1 aromatic carbocycles. The topological polar surface area (TPSA) is 56.6 Å². The second kappa shape index (κ2) is 5.79. The Labute approximate surface area is 126 Å². The zero-order valence-corrected chi connectivity index (χ0v) is 12.3. The van der Waals surface area contributed by atoms with Crippen LogP contribution in [0.3, 0.4) is 0 Å². The first-order valence-corrected chi connectivity index (χ1v) is 7.67. The average Bonchev–Trinajstić information content (AvgIpc) is 2.98. The van der Waals surface area contributed by atoms with E-state index in [1.165, 1.54) is 0 Å². The minimum atomic E-state index is -0.656. The van der Waals surface area contributed by atoms with Crippen molar-refractivity contribution in [2.24, 2.45) is 0 Å². The van der Waals surface area contributed by atoms with Crippen molar-refractivity contribution in [3.63, 3.8) is 0 Å². The molecule has 2 atom stereocenters. The summed E-state index contributed by atoms with van der Waals surface area (Å²) in [4.78, 5) is 6.58. The zero-order chi connectivity index (χ0) is 14.1. The fourth-order valence-corrected chi connectivity index (χ4v) is 3.47. The number of rotatable bonds is 3. The SMILES string of the molecule is OC1CN(Cc2csc(-c3ccccc3Cl)n2)CC1O. The Hall–Kier alpha value is -0.980. The molecule has 1 aliphatic rings. The number of likely N-dealkylation sites (tertiary alicyclic amines) is 1.